The van der Waals surface area contributed by atoms with E-state index in [1.54, 1.807) is 0 Å². The summed E-state index contributed by atoms with van der Waals surface area (Å²) in [6.07, 6.45) is 3.81. The molecule has 1 fully saturated rings. The molecule has 7 heteroatoms. The molecule has 1 aliphatic heterocycles. The number of carboxylic acids is 2. The summed E-state index contributed by atoms with van der Waals surface area (Å²) in [6, 6.07) is 0. The van der Waals surface area contributed by atoms with Gasteiger partial charge in [-0.05, 0) is 38.5 Å². The molecule has 0 bridgehead atoms. The fraction of sp³-hybridized carbons (Fsp3) is 0.818. The van der Waals surface area contributed by atoms with Crippen molar-refractivity contribution in [3.05, 3.63) is 0 Å². The van der Waals surface area contributed by atoms with E-state index in [9.17, 15) is 0 Å². The Bertz CT molecular complexity index is 276. The van der Waals surface area contributed by atoms with Gasteiger partial charge in [0.25, 0.3) is 0 Å². The average Bonchev–Trinajstić information content (AvgIpc) is 2.27. The lowest BCUT2D eigenvalue weighted by molar-refractivity contribution is -0.159. The van der Waals surface area contributed by atoms with Gasteiger partial charge in [-0.1, -0.05) is 6.92 Å². The lowest BCUT2D eigenvalue weighted by Crippen LogP contribution is -2.25. The summed E-state index contributed by atoms with van der Waals surface area (Å²) < 4.78 is 0.455. The van der Waals surface area contributed by atoms with E-state index < -0.39 is 11.9 Å². The Morgan fingerprint density at radius 2 is 1.94 bits per heavy atom. The third-order valence-corrected chi connectivity index (χ3v) is 5.64. The minimum atomic E-state index is -1.82. The first-order valence-corrected chi connectivity index (χ1v) is 7.65. The number of hydrogen-bond acceptors (Lipinski definition) is 5. The Kier molecular flexibility index (Phi) is 8.47. The second kappa shape index (κ2) is 8.66. The van der Waals surface area contributed by atoms with Crippen molar-refractivity contribution in [2.24, 2.45) is 5.73 Å². The van der Waals surface area contributed by atoms with Crippen LogP contribution in [-0.2, 0) is 9.59 Å². The Balaban J connectivity index is 0.000000411. The molecular formula is C11H21NO4S2. The number of nitrogens with two attached hydrogens (primary N) is 1. The van der Waals surface area contributed by atoms with E-state index in [2.05, 4.69) is 37.4 Å². The maximum Gasteiger partial charge on any atom is 0.414 e. The molecule has 1 aliphatic rings. The van der Waals surface area contributed by atoms with Gasteiger partial charge >= 0.3 is 11.9 Å². The van der Waals surface area contributed by atoms with Crippen LogP contribution in [0.3, 0.4) is 0 Å². The van der Waals surface area contributed by atoms with Crippen molar-refractivity contribution in [3.63, 3.8) is 0 Å². The molecule has 1 heterocycles. The molecule has 0 aliphatic carbocycles. The predicted octanol–water partition coefficient (Wildman–Crippen LogP) is 1.86. The number of rotatable bonds is 3. The van der Waals surface area contributed by atoms with E-state index in [1.165, 1.54) is 25.0 Å². The van der Waals surface area contributed by atoms with Crippen molar-refractivity contribution in [1.29, 1.82) is 0 Å². The fourth-order valence-electron chi connectivity index (χ4n) is 1.51. The summed E-state index contributed by atoms with van der Waals surface area (Å²) in [5, 5.41) is 15.6. The van der Waals surface area contributed by atoms with Gasteiger partial charge in [0.15, 0.2) is 0 Å². The van der Waals surface area contributed by atoms with Crippen LogP contribution >= 0.6 is 23.5 Å². The highest BCUT2D eigenvalue weighted by Crippen LogP contribution is 2.47. The van der Waals surface area contributed by atoms with Crippen molar-refractivity contribution in [3.8, 4) is 0 Å². The topological polar surface area (TPSA) is 101 Å². The molecule has 18 heavy (non-hydrogen) atoms. The molecule has 0 aromatic heterocycles. The molecule has 1 saturated heterocycles. The SMILES string of the molecule is CC1CCSC(C)(CCCN)S1.O=C(O)C(=O)O. The zero-order valence-corrected chi connectivity index (χ0v) is 12.4. The number of aliphatic carboxylic acids is 2. The second-order valence-corrected chi connectivity index (χ2v) is 8.00. The largest absolute Gasteiger partial charge is 0.473 e. The fourth-order valence-corrected chi connectivity index (χ4v) is 5.22. The summed E-state index contributed by atoms with van der Waals surface area (Å²) >= 11 is 4.25. The molecule has 0 aromatic carbocycles. The molecule has 2 atom stereocenters. The first kappa shape index (κ1) is 17.6. The van der Waals surface area contributed by atoms with Crippen LogP contribution in [0.2, 0.25) is 0 Å². The maximum atomic E-state index is 9.10. The number of thioether (sulfide) groups is 2. The highest BCUT2D eigenvalue weighted by atomic mass is 32.2. The minimum Gasteiger partial charge on any atom is -0.473 e. The van der Waals surface area contributed by atoms with Crippen LogP contribution in [0.5, 0.6) is 0 Å². The van der Waals surface area contributed by atoms with E-state index in [0.29, 0.717) is 4.08 Å². The van der Waals surface area contributed by atoms with Crippen LogP contribution in [0.25, 0.3) is 0 Å². The Morgan fingerprint density at radius 1 is 1.39 bits per heavy atom. The van der Waals surface area contributed by atoms with Gasteiger partial charge in [0, 0.05) is 5.25 Å². The lowest BCUT2D eigenvalue weighted by Gasteiger charge is -2.35. The van der Waals surface area contributed by atoms with E-state index in [4.69, 9.17) is 25.5 Å². The van der Waals surface area contributed by atoms with E-state index >= 15 is 0 Å². The second-order valence-electron chi connectivity index (χ2n) is 4.20. The molecule has 106 valence electrons. The molecular weight excluding hydrogens is 274 g/mol. The van der Waals surface area contributed by atoms with E-state index in [0.717, 1.165) is 11.8 Å². The molecule has 0 radical (unpaired) electrons. The van der Waals surface area contributed by atoms with Gasteiger partial charge in [-0.2, -0.15) is 0 Å². The van der Waals surface area contributed by atoms with E-state index in [1.807, 2.05) is 0 Å². The Hall–Kier alpha value is -0.400. The van der Waals surface area contributed by atoms with Crippen molar-refractivity contribution in [1.82, 2.24) is 0 Å². The van der Waals surface area contributed by atoms with Gasteiger partial charge in [0.1, 0.15) is 0 Å². The normalized spacial score (nSPS) is 26.9. The molecule has 5 nitrogen and oxygen atoms in total. The van der Waals surface area contributed by atoms with Crippen molar-refractivity contribution >= 4 is 35.5 Å². The van der Waals surface area contributed by atoms with Crippen molar-refractivity contribution < 1.29 is 19.8 Å². The van der Waals surface area contributed by atoms with E-state index in [-0.39, 0.29) is 0 Å². The monoisotopic (exact) mass is 295 g/mol. The summed E-state index contributed by atoms with van der Waals surface area (Å²) in [5.41, 5.74) is 5.52. The summed E-state index contributed by atoms with van der Waals surface area (Å²) in [5.74, 6) is -2.32. The van der Waals surface area contributed by atoms with Crippen LogP contribution in [0.1, 0.15) is 33.1 Å². The first-order valence-electron chi connectivity index (χ1n) is 5.79. The van der Waals surface area contributed by atoms with Crippen LogP contribution in [0.4, 0.5) is 0 Å². The Morgan fingerprint density at radius 3 is 2.33 bits per heavy atom. The summed E-state index contributed by atoms with van der Waals surface area (Å²) in [4.78, 5) is 18.2. The maximum absolute atomic E-state index is 9.10. The molecule has 2 unspecified atom stereocenters. The highest BCUT2D eigenvalue weighted by Gasteiger charge is 2.30. The number of carbonyl (C=O) groups is 2. The number of carboxylic acid groups (broad SMARTS) is 2. The minimum absolute atomic E-state index is 0.455. The molecule has 0 spiro atoms. The van der Waals surface area contributed by atoms with Gasteiger partial charge in [-0.25, -0.2) is 9.59 Å². The van der Waals surface area contributed by atoms with Gasteiger partial charge in [-0.3, -0.25) is 0 Å². The third-order valence-electron chi connectivity index (χ3n) is 2.40. The average molecular weight is 295 g/mol. The molecule has 0 aromatic rings. The van der Waals surface area contributed by atoms with Gasteiger partial charge in [0.05, 0.1) is 4.08 Å². The zero-order valence-electron chi connectivity index (χ0n) is 10.7. The van der Waals surface area contributed by atoms with Crippen molar-refractivity contribution in [2.75, 3.05) is 12.3 Å². The molecule has 1 rings (SSSR count). The summed E-state index contributed by atoms with van der Waals surface area (Å²) in [7, 11) is 0. The smallest absolute Gasteiger partial charge is 0.414 e. The standard InChI is InChI=1S/C9H19NS2.C2H2O4/c1-8-4-7-11-9(2,12-8)5-3-6-10;3-1(4)2(5)6/h8H,3-7,10H2,1-2H3;(H,3,4)(H,5,6). The molecule has 0 saturated carbocycles. The molecule has 0 amide bonds. The summed E-state index contributed by atoms with van der Waals surface area (Å²) in [6.45, 7) is 5.55. The highest BCUT2D eigenvalue weighted by molar-refractivity contribution is 8.19. The lowest BCUT2D eigenvalue weighted by atomic mass is 10.2. The van der Waals surface area contributed by atoms with Crippen LogP contribution < -0.4 is 5.73 Å². The molecule has 4 N–H and O–H groups in total. The Labute approximate surface area is 116 Å². The van der Waals surface area contributed by atoms with Crippen LogP contribution in [0, 0.1) is 0 Å². The van der Waals surface area contributed by atoms with Crippen LogP contribution in [-0.4, -0.2) is 43.8 Å². The van der Waals surface area contributed by atoms with Gasteiger partial charge in [-0.15, -0.1) is 23.5 Å². The third kappa shape index (κ3) is 7.84. The zero-order chi connectivity index (χ0) is 14.2. The first-order chi connectivity index (χ1) is 8.30. The van der Waals surface area contributed by atoms with Crippen LogP contribution in [0.15, 0.2) is 0 Å². The predicted molar refractivity (Wildman–Crippen MR) is 76.1 cm³/mol. The number of hydrogen-bond donors (Lipinski definition) is 3. The van der Waals surface area contributed by atoms with Gasteiger partial charge in [0.2, 0.25) is 0 Å². The van der Waals surface area contributed by atoms with Gasteiger partial charge < -0.3 is 15.9 Å². The quantitative estimate of drug-likeness (QED) is 0.683. The van der Waals surface area contributed by atoms with Crippen molar-refractivity contribution in [2.45, 2.75) is 42.4 Å².